The summed E-state index contributed by atoms with van der Waals surface area (Å²) in [6, 6.07) is 7.29. The van der Waals surface area contributed by atoms with Gasteiger partial charge in [0.05, 0.1) is 10.2 Å². The van der Waals surface area contributed by atoms with E-state index in [9.17, 15) is 13.2 Å². The molecule has 0 amide bonds. The number of nitrogens with zero attached hydrogens (tertiary/aromatic N) is 2. The van der Waals surface area contributed by atoms with Gasteiger partial charge < -0.3 is 10.9 Å². The van der Waals surface area contributed by atoms with Gasteiger partial charge in [0.25, 0.3) is 0 Å². The molecular formula is C11H10F3N3OS2. The molecular weight excluding hydrogens is 311 g/mol. The van der Waals surface area contributed by atoms with E-state index in [0.29, 0.717) is 4.34 Å². The van der Waals surface area contributed by atoms with Crippen molar-refractivity contribution in [2.75, 3.05) is 5.75 Å². The zero-order valence-corrected chi connectivity index (χ0v) is 11.6. The largest absolute Gasteiger partial charge is 0.409 e. The number of nitrogens with two attached hydrogens (primary N) is 1. The Morgan fingerprint density at radius 1 is 1.45 bits per heavy atom. The minimum atomic E-state index is -4.56. The molecule has 0 spiro atoms. The molecule has 0 saturated heterocycles. The number of rotatable bonds is 4. The van der Waals surface area contributed by atoms with Gasteiger partial charge in [-0.1, -0.05) is 29.1 Å². The fourth-order valence-corrected chi connectivity index (χ4v) is 3.72. The molecule has 0 aliphatic carbocycles. The van der Waals surface area contributed by atoms with E-state index in [1.165, 1.54) is 11.3 Å². The SMILES string of the molecule is N/C(=N/O)C(CSc1nc2ccccc2s1)C(F)(F)F. The van der Waals surface area contributed by atoms with Crippen LogP contribution in [0, 0.1) is 5.92 Å². The number of alkyl halides is 3. The molecule has 1 unspecified atom stereocenters. The maximum atomic E-state index is 12.8. The van der Waals surface area contributed by atoms with Crippen LogP contribution in [-0.4, -0.2) is 28.0 Å². The van der Waals surface area contributed by atoms with Crippen molar-refractivity contribution in [3.63, 3.8) is 0 Å². The number of fused-ring (bicyclic) bond motifs is 1. The average molecular weight is 321 g/mol. The first-order valence-electron chi connectivity index (χ1n) is 5.44. The van der Waals surface area contributed by atoms with Gasteiger partial charge >= 0.3 is 6.18 Å². The van der Waals surface area contributed by atoms with Gasteiger partial charge in [0.1, 0.15) is 5.92 Å². The van der Waals surface area contributed by atoms with Crippen molar-refractivity contribution >= 4 is 39.2 Å². The second kappa shape index (κ2) is 5.88. The van der Waals surface area contributed by atoms with E-state index >= 15 is 0 Å². The third-order valence-electron chi connectivity index (χ3n) is 2.52. The third-order valence-corrected chi connectivity index (χ3v) is 4.79. The summed E-state index contributed by atoms with van der Waals surface area (Å²) in [6.45, 7) is 0. The van der Waals surface area contributed by atoms with E-state index in [1.807, 2.05) is 18.2 Å². The molecule has 0 aliphatic rings. The maximum absolute atomic E-state index is 12.8. The van der Waals surface area contributed by atoms with Crippen LogP contribution in [0.2, 0.25) is 0 Å². The predicted molar refractivity (Wildman–Crippen MR) is 73.3 cm³/mol. The molecule has 0 bridgehead atoms. The van der Waals surface area contributed by atoms with Gasteiger partial charge in [-0.3, -0.25) is 0 Å². The van der Waals surface area contributed by atoms with Crippen LogP contribution in [0.4, 0.5) is 13.2 Å². The summed E-state index contributed by atoms with van der Waals surface area (Å²) in [5.41, 5.74) is 5.84. The molecule has 0 aliphatic heterocycles. The van der Waals surface area contributed by atoms with E-state index < -0.39 is 17.9 Å². The number of oxime groups is 1. The van der Waals surface area contributed by atoms with Crippen molar-refractivity contribution in [3.05, 3.63) is 24.3 Å². The van der Waals surface area contributed by atoms with Crippen LogP contribution in [0.25, 0.3) is 10.2 Å². The Morgan fingerprint density at radius 3 is 2.75 bits per heavy atom. The van der Waals surface area contributed by atoms with Crippen molar-refractivity contribution in [2.24, 2.45) is 16.8 Å². The highest BCUT2D eigenvalue weighted by Gasteiger charge is 2.42. The van der Waals surface area contributed by atoms with Crippen LogP contribution in [-0.2, 0) is 0 Å². The number of amidine groups is 1. The zero-order chi connectivity index (χ0) is 14.8. The lowest BCUT2D eigenvalue weighted by Crippen LogP contribution is -2.37. The minimum Gasteiger partial charge on any atom is -0.409 e. The van der Waals surface area contributed by atoms with Crippen LogP contribution < -0.4 is 5.73 Å². The summed E-state index contributed by atoms with van der Waals surface area (Å²) in [4.78, 5) is 4.22. The number of hydrogen-bond donors (Lipinski definition) is 2. The van der Waals surface area contributed by atoms with Crippen LogP contribution >= 0.6 is 23.1 Å². The summed E-state index contributed by atoms with van der Waals surface area (Å²) in [6.07, 6.45) is -4.56. The molecule has 4 nitrogen and oxygen atoms in total. The Balaban J connectivity index is 2.13. The van der Waals surface area contributed by atoms with Gasteiger partial charge in [0.15, 0.2) is 10.2 Å². The molecule has 9 heteroatoms. The van der Waals surface area contributed by atoms with Crippen LogP contribution in [0.1, 0.15) is 0 Å². The second-order valence-electron chi connectivity index (χ2n) is 3.88. The summed E-state index contributed by atoms with van der Waals surface area (Å²) >= 11 is 2.25. The van der Waals surface area contributed by atoms with E-state index in [4.69, 9.17) is 10.9 Å². The van der Waals surface area contributed by atoms with E-state index in [0.717, 1.165) is 22.0 Å². The van der Waals surface area contributed by atoms with Crippen molar-refractivity contribution in [3.8, 4) is 0 Å². The molecule has 0 saturated carbocycles. The maximum Gasteiger partial charge on any atom is 0.399 e. The van der Waals surface area contributed by atoms with Gasteiger partial charge in [0.2, 0.25) is 0 Å². The molecule has 0 fully saturated rings. The first-order chi connectivity index (χ1) is 9.41. The molecule has 1 aromatic heterocycles. The predicted octanol–water partition coefficient (Wildman–Crippen LogP) is 3.31. The fourth-order valence-electron chi connectivity index (χ4n) is 1.48. The molecule has 1 heterocycles. The molecule has 3 N–H and O–H groups in total. The smallest absolute Gasteiger partial charge is 0.399 e. The van der Waals surface area contributed by atoms with Crippen molar-refractivity contribution in [2.45, 2.75) is 10.5 Å². The topological polar surface area (TPSA) is 71.5 Å². The highest BCUT2D eigenvalue weighted by atomic mass is 32.2. The van der Waals surface area contributed by atoms with E-state index in [-0.39, 0.29) is 5.75 Å². The van der Waals surface area contributed by atoms with Crippen molar-refractivity contribution in [1.29, 1.82) is 0 Å². The Morgan fingerprint density at radius 2 is 2.15 bits per heavy atom. The van der Waals surface area contributed by atoms with Crippen LogP contribution in [0.15, 0.2) is 33.8 Å². The van der Waals surface area contributed by atoms with Crippen LogP contribution in [0.3, 0.4) is 0 Å². The van der Waals surface area contributed by atoms with E-state index in [2.05, 4.69) is 10.1 Å². The normalized spacial score (nSPS) is 14.7. The van der Waals surface area contributed by atoms with Gasteiger partial charge in [-0.2, -0.15) is 13.2 Å². The highest BCUT2D eigenvalue weighted by molar-refractivity contribution is 8.01. The highest BCUT2D eigenvalue weighted by Crippen LogP contribution is 2.35. The number of aromatic nitrogens is 1. The number of halogens is 3. The quantitative estimate of drug-likeness (QED) is 0.298. The third kappa shape index (κ3) is 3.34. The summed E-state index contributed by atoms with van der Waals surface area (Å²) in [5.74, 6) is -3.21. The Labute approximate surface area is 120 Å². The van der Waals surface area contributed by atoms with E-state index in [1.54, 1.807) is 6.07 Å². The fraction of sp³-hybridized carbons (Fsp3) is 0.273. The van der Waals surface area contributed by atoms with Crippen LogP contribution in [0.5, 0.6) is 0 Å². The number of thioether (sulfide) groups is 1. The summed E-state index contributed by atoms with van der Waals surface area (Å²) in [7, 11) is 0. The summed E-state index contributed by atoms with van der Waals surface area (Å²) in [5, 5.41) is 10.9. The number of benzene rings is 1. The molecule has 2 aromatic rings. The van der Waals surface area contributed by atoms with Crippen molar-refractivity contribution < 1.29 is 18.4 Å². The first kappa shape index (κ1) is 14.9. The molecule has 20 heavy (non-hydrogen) atoms. The average Bonchev–Trinajstić information content (AvgIpc) is 2.79. The standard InChI is InChI=1S/C11H10F3N3OS2/c12-11(13,14)6(9(15)17-18)5-19-10-16-7-3-1-2-4-8(7)20-10/h1-4,6,18H,5H2,(H2,15,17). The minimum absolute atomic E-state index is 0.376. The second-order valence-corrected chi connectivity index (χ2v) is 6.18. The van der Waals surface area contributed by atoms with Gasteiger partial charge in [0, 0.05) is 5.75 Å². The number of para-hydroxylation sites is 1. The molecule has 2 rings (SSSR count). The number of hydrogen-bond acceptors (Lipinski definition) is 5. The van der Waals surface area contributed by atoms with Gasteiger partial charge in [-0.15, -0.1) is 11.3 Å². The van der Waals surface area contributed by atoms with Crippen molar-refractivity contribution in [1.82, 2.24) is 4.98 Å². The lowest BCUT2D eigenvalue weighted by atomic mass is 10.1. The Hall–Kier alpha value is -1.48. The Bertz CT molecular complexity index is 594. The molecule has 1 aromatic carbocycles. The lowest BCUT2D eigenvalue weighted by molar-refractivity contribution is -0.150. The Kier molecular flexibility index (Phi) is 4.39. The molecule has 1 atom stereocenters. The monoisotopic (exact) mass is 321 g/mol. The zero-order valence-electron chi connectivity index (χ0n) is 9.96. The lowest BCUT2D eigenvalue weighted by Gasteiger charge is -2.17. The molecule has 108 valence electrons. The van der Waals surface area contributed by atoms with Gasteiger partial charge in [-0.05, 0) is 12.1 Å². The molecule has 0 radical (unpaired) electrons. The first-order valence-corrected chi connectivity index (χ1v) is 7.24. The van der Waals surface area contributed by atoms with Gasteiger partial charge in [-0.25, -0.2) is 4.98 Å². The number of thiazole rings is 1. The summed E-state index contributed by atoms with van der Waals surface area (Å²) < 4.78 is 39.7.